The molecule has 1 atom stereocenters. The summed E-state index contributed by atoms with van der Waals surface area (Å²) in [6.45, 7) is 5.34. The second-order valence-electron chi connectivity index (χ2n) is 7.01. The standard InChI is InChI=1S/C22H28N2O4/c1-16(2)28-21-12-6-3-9-18(21)23-14-22(25)24-19-10-4-5-11-20(19)27-15-17-8-7-13-26-17/h3-6,9-12,16-17,23H,7-8,13-15H2,1-2H3,(H,24,25). The Morgan fingerprint density at radius 2 is 1.82 bits per heavy atom. The number of carbonyl (C=O) groups is 1. The maximum Gasteiger partial charge on any atom is 0.243 e. The van der Waals surface area contributed by atoms with Gasteiger partial charge in [0.1, 0.15) is 18.1 Å². The summed E-state index contributed by atoms with van der Waals surface area (Å²) in [5, 5.41) is 6.05. The van der Waals surface area contributed by atoms with Crippen LogP contribution in [0.15, 0.2) is 48.5 Å². The molecule has 1 aliphatic heterocycles. The third-order valence-electron chi connectivity index (χ3n) is 4.30. The van der Waals surface area contributed by atoms with Gasteiger partial charge in [0.05, 0.1) is 30.1 Å². The molecular formula is C22H28N2O4. The van der Waals surface area contributed by atoms with Crippen LogP contribution in [0.25, 0.3) is 0 Å². The normalized spacial score (nSPS) is 16.0. The van der Waals surface area contributed by atoms with Gasteiger partial charge in [-0.15, -0.1) is 0 Å². The van der Waals surface area contributed by atoms with Crippen molar-refractivity contribution in [2.24, 2.45) is 0 Å². The van der Waals surface area contributed by atoms with Gasteiger partial charge in [0.15, 0.2) is 0 Å². The smallest absolute Gasteiger partial charge is 0.243 e. The number of amides is 1. The molecule has 0 radical (unpaired) electrons. The van der Waals surface area contributed by atoms with Crippen LogP contribution >= 0.6 is 0 Å². The number of hydrogen-bond donors (Lipinski definition) is 2. The van der Waals surface area contributed by atoms with Gasteiger partial charge in [-0.1, -0.05) is 24.3 Å². The lowest BCUT2D eigenvalue weighted by Crippen LogP contribution is -2.23. The number of anilines is 2. The molecule has 0 spiro atoms. The first-order chi connectivity index (χ1) is 13.6. The number of benzene rings is 2. The number of hydrogen-bond acceptors (Lipinski definition) is 5. The van der Waals surface area contributed by atoms with E-state index in [0.29, 0.717) is 18.0 Å². The minimum absolute atomic E-state index is 0.0599. The Balaban J connectivity index is 1.55. The van der Waals surface area contributed by atoms with Crippen molar-refractivity contribution in [3.05, 3.63) is 48.5 Å². The van der Waals surface area contributed by atoms with Gasteiger partial charge in [-0.3, -0.25) is 4.79 Å². The largest absolute Gasteiger partial charge is 0.489 e. The summed E-state index contributed by atoms with van der Waals surface area (Å²) in [6.07, 6.45) is 2.27. The molecule has 1 unspecified atom stereocenters. The highest BCUT2D eigenvalue weighted by Gasteiger charge is 2.17. The van der Waals surface area contributed by atoms with Crippen molar-refractivity contribution in [1.29, 1.82) is 0 Å². The molecule has 3 rings (SSSR count). The second kappa shape index (κ2) is 9.99. The molecule has 2 aromatic rings. The van der Waals surface area contributed by atoms with Gasteiger partial charge < -0.3 is 24.8 Å². The lowest BCUT2D eigenvalue weighted by molar-refractivity contribution is -0.114. The van der Waals surface area contributed by atoms with Gasteiger partial charge in [-0.25, -0.2) is 0 Å². The van der Waals surface area contributed by atoms with Crippen molar-refractivity contribution in [1.82, 2.24) is 0 Å². The Labute approximate surface area is 166 Å². The van der Waals surface area contributed by atoms with E-state index in [9.17, 15) is 4.79 Å². The number of rotatable bonds is 9. The molecule has 2 N–H and O–H groups in total. The molecule has 1 aliphatic rings. The molecule has 1 heterocycles. The van der Waals surface area contributed by atoms with Gasteiger partial charge in [0.2, 0.25) is 5.91 Å². The molecule has 0 bridgehead atoms. The molecule has 1 saturated heterocycles. The maximum absolute atomic E-state index is 12.4. The van der Waals surface area contributed by atoms with E-state index in [2.05, 4.69) is 10.6 Å². The minimum Gasteiger partial charge on any atom is -0.489 e. The number of ether oxygens (including phenoxy) is 3. The van der Waals surface area contributed by atoms with Crippen molar-refractivity contribution in [3.8, 4) is 11.5 Å². The Hall–Kier alpha value is -2.73. The topological polar surface area (TPSA) is 68.8 Å². The molecule has 0 saturated carbocycles. The van der Waals surface area contributed by atoms with Gasteiger partial charge in [0.25, 0.3) is 0 Å². The summed E-state index contributed by atoms with van der Waals surface area (Å²) in [5.74, 6) is 1.22. The van der Waals surface area contributed by atoms with Crippen LogP contribution in [0.1, 0.15) is 26.7 Å². The van der Waals surface area contributed by atoms with Crippen LogP contribution in [0.4, 0.5) is 11.4 Å². The van der Waals surface area contributed by atoms with E-state index in [4.69, 9.17) is 14.2 Å². The Kier molecular flexibility index (Phi) is 7.14. The third kappa shape index (κ3) is 5.89. The van der Waals surface area contributed by atoms with Crippen LogP contribution < -0.4 is 20.1 Å². The molecule has 2 aromatic carbocycles. The summed E-state index contributed by atoms with van der Waals surface area (Å²) in [7, 11) is 0. The summed E-state index contributed by atoms with van der Waals surface area (Å²) < 4.78 is 17.2. The zero-order valence-corrected chi connectivity index (χ0v) is 16.4. The summed E-state index contributed by atoms with van der Waals surface area (Å²) in [4.78, 5) is 12.4. The van der Waals surface area contributed by atoms with E-state index < -0.39 is 0 Å². The van der Waals surface area contributed by atoms with Gasteiger partial charge in [-0.2, -0.15) is 0 Å². The fourth-order valence-corrected chi connectivity index (χ4v) is 2.99. The van der Waals surface area contributed by atoms with Crippen molar-refractivity contribution < 1.29 is 19.0 Å². The average Bonchev–Trinajstić information content (AvgIpc) is 3.20. The first-order valence-electron chi connectivity index (χ1n) is 9.74. The van der Waals surface area contributed by atoms with Crippen molar-refractivity contribution in [2.75, 3.05) is 30.4 Å². The van der Waals surface area contributed by atoms with E-state index in [0.717, 1.165) is 30.9 Å². The summed E-state index contributed by atoms with van der Waals surface area (Å²) in [6, 6.07) is 15.0. The molecule has 1 fully saturated rings. The van der Waals surface area contributed by atoms with Crippen LogP contribution in [0.3, 0.4) is 0 Å². The first kappa shape index (κ1) is 20.0. The monoisotopic (exact) mass is 384 g/mol. The Bertz CT molecular complexity index is 773. The van der Waals surface area contributed by atoms with E-state index in [-0.39, 0.29) is 24.7 Å². The maximum atomic E-state index is 12.4. The first-order valence-corrected chi connectivity index (χ1v) is 9.74. The molecule has 0 aromatic heterocycles. The predicted octanol–water partition coefficient (Wildman–Crippen LogP) is 4.08. The van der Waals surface area contributed by atoms with E-state index in [1.165, 1.54) is 0 Å². The molecule has 1 amide bonds. The molecular weight excluding hydrogens is 356 g/mol. The molecule has 150 valence electrons. The van der Waals surface area contributed by atoms with Gasteiger partial charge in [0, 0.05) is 6.61 Å². The van der Waals surface area contributed by atoms with Crippen molar-refractivity contribution in [3.63, 3.8) is 0 Å². The third-order valence-corrected chi connectivity index (χ3v) is 4.30. The molecule has 0 aliphatic carbocycles. The van der Waals surface area contributed by atoms with Crippen LogP contribution in [0.5, 0.6) is 11.5 Å². The highest BCUT2D eigenvalue weighted by molar-refractivity contribution is 5.95. The van der Waals surface area contributed by atoms with Crippen LogP contribution in [0.2, 0.25) is 0 Å². The van der Waals surface area contributed by atoms with Gasteiger partial charge in [-0.05, 0) is 51.0 Å². The Morgan fingerprint density at radius 1 is 1.11 bits per heavy atom. The van der Waals surface area contributed by atoms with E-state index >= 15 is 0 Å². The second-order valence-corrected chi connectivity index (χ2v) is 7.01. The lowest BCUT2D eigenvalue weighted by atomic mass is 10.2. The Morgan fingerprint density at radius 3 is 2.54 bits per heavy atom. The number of para-hydroxylation sites is 4. The fourth-order valence-electron chi connectivity index (χ4n) is 2.99. The van der Waals surface area contributed by atoms with Gasteiger partial charge >= 0.3 is 0 Å². The van der Waals surface area contributed by atoms with E-state index in [1.54, 1.807) is 0 Å². The fraction of sp³-hybridized carbons (Fsp3) is 0.409. The highest BCUT2D eigenvalue weighted by Crippen LogP contribution is 2.26. The number of nitrogens with one attached hydrogen (secondary N) is 2. The highest BCUT2D eigenvalue weighted by atomic mass is 16.5. The summed E-state index contributed by atoms with van der Waals surface area (Å²) >= 11 is 0. The van der Waals surface area contributed by atoms with Crippen LogP contribution in [-0.2, 0) is 9.53 Å². The minimum atomic E-state index is -0.160. The molecule has 28 heavy (non-hydrogen) atoms. The predicted molar refractivity (Wildman–Crippen MR) is 110 cm³/mol. The van der Waals surface area contributed by atoms with E-state index in [1.807, 2.05) is 62.4 Å². The SMILES string of the molecule is CC(C)Oc1ccccc1NCC(=O)Nc1ccccc1OCC1CCCO1. The summed E-state index contributed by atoms with van der Waals surface area (Å²) in [5.41, 5.74) is 1.44. The van der Waals surface area contributed by atoms with Crippen LogP contribution in [0, 0.1) is 0 Å². The number of carbonyl (C=O) groups excluding carboxylic acids is 1. The van der Waals surface area contributed by atoms with Crippen molar-refractivity contribution >= 4 is 17.3 Å². The zero-order chi connectivity index (χ0) is 19.8. The molecule has 6 heteroatoms. The average molecular weight is 384 g/mol. The lowest BCUT2D eigenvalue weighted by Gasteiger charge is -2.17. The molecule has 6 nitrogen and oxygen atoms in total. The zero-order valence-electron chi connectivity index (χ0n) is 16.4. The van der Waals surface area contributed by atoms with Crippen LogP contribution in [-0.4, -0.2) is 37.9 Å². The van der Waals surface area contributed by atoms with Crippen molar-refractivity contribution in [2.45, 2.75) is 38.9 Å². The quantitative estimate of drug-likeness (QED) is 0.682.